The lowest BCUT2D eigenvalue weighted by Crippen LogP contribution is -2.22. The number of nitrogens with zero attached hydrogens (tertiary/aromatic N) is 1. The molecule has 0 amide bonds. The smallest absolute Gasteiger partial charge is 0.107 e. The third-order valence-electron chi connectivity index (χ3n) is 2.90. The van der Waals surface area contributed by atoms with Crippen molar-refractivity contribution < 1.29 is 0 Å². The topological polar surface area (TPSA) is 40.7 Å². The highest BCUT2D eigenvalue weighted by atomic mass is 35.5. The minimum absolute atomic E-state index is 0.0947. The minimum Gasteiger partial charge on any atom is -0.349 e. The van der Waals surface area contributed by atoms with Crippen molar-refractivity contribution in [1.82, 2.24) is 15.3 Å². The van der Waals surface area contributed by atoms with Crippen molar-refractivity contribution in [3.63, 3.8) is 0 Å². The van der Waals surface area contributed by atoms with Gasteiger partial charge in [-0.15, -0.1) is 0 Å². The fourth-order valence-corrected chi connectivity index (χ4v) is 2.53. The lowest BCUT2D eigenvalue weighted by Gasteiger charge is -2.16. The van der Waals surface area contributed by atoms with Crippen LogP contribution >= 0.6 is 34.8 Å². The summed E-state index contributed by atoms with van der Waals surface area (Å²) in [6.07, 6.45) is 4.39. The number of hydrogen-bond acceptors (Lipinski definition) is 2. The molecular weight excluding hydrogens is 305 g/mol. The maximum atomic E-state index is 6.20. The molecule has 1 heterocycles. The quantitative estimate of drug-likeness (QED) is 0.809. The van der Waals surface area contributed by atoms with Gasteiger partial charge in [-0.3, -0.25) is 0 Å². The molecule has 2 rings (SSSR count). The maximum Gasteiger partial charge on any atom is 0.107 e. The number of aromatic amines is 1. The molecule has 102 valence electrons. The molecule has 6 heteroatoms. The molecule has 1 unspecified atom stereocenters. The van der Waals surface area contributed by atoms with Crippen molar-refractivity contribution in [3.8, 4) is 0 Å². The first-order valence-electron chi connectivity index (χ1n) is 5.94. The summed E-state index contributed by atoms with van der Waals surface area (Å²) in [4.78, 5) is 7.23. The second-order valence-electron chi connectivity index (χ2n) is 4.23. The van der Waals surface area contributed by atoms with E-state index in [-0.39, 0.29) is 6.04 Å². The molecule has 0 spiro atoms. The van der Waals surface area contributed by atoms with Gasteiger partial charge in [-0.2, -0.15) is 0 Å². The Hall–Kier alpha value is -0.740. The Morgan fingerprint density at radius 2 is 2.05 bits per heavy atom. The Morgan fingerprint density at radius 3 is 2.74 bits per heavy atom. The van der Waals surface area contributed by atoms with Crippen LogP contribution in [-0.4, -0.2) is 16.5 Å². The fourth-order valence-electron chi connectivity index (χ4n) is 1.83. The molecule has 19 heavy (non-hydrogen) atoms. The predicted octanol–water partition coefficient (Wildman–Crippen LogP) is 4.26. The molecule has 0 aliphatic heterocycles. The molecule has 2 N–H and O–H groups in total. The van der Waals surface area contributed by atoms with E-state index >= 15 is 0 Å². The van der Waals surface area contributed by atoms with Crippen LogP contribution in [0.2, 0.25) is 15.1 Å². The summed E-state index contributed by atoms with van der Waals surface area (Å²) in [5, 5.41) is 4.76. The molecule has 3 nitrogen and oxygen atoms in total. The summed E-state index contributed by atoms with van der Waals surface area (Å²) >= 11 is 18.1. The van der Waals surface area contributed by atoms with Crippen LogP contribution in [0.3, 0.4) is 0 Å². The molecular formula is C13H14Cl3N3. The van der Waals surface area contributed by atoms with Gasteiger partial charge in [0, 0.05) is 31.4 Å². The third-order valence-corrected chi connectivity index (χ3v) is 4.21. The number of benzene rings is 1. The van der Waals surface area contributed by atoms with Crippen molar-refractivity contribution in [2.45, 2.75) is 19.4 Å². The summed E-state index contributed by atoms with van der Waals surface area (Å²) in [5.74, 6) is 0.958. The van der Waals surface area contributed by atoms with E-state index in [1.165, 1.54) is 0 Å². The van der Waals surface area contributed by atoms with Gasteiger partial charge in [0.1, 0.15) is 5.82 Å². The number of nitrogens with one attached hydrogen (secondary N) is 2. The Labute approximate surface area is 127 Å². The molecule has 0 aliphatic rings. The van der Waals surface area contributed by atoms with Gasteiger partial charge in [-0.1, -0.05) is 40.9 Å². The van der Waals surface area contributed by atoms with E-state index in [0.717, 1.165) is 24.4 Å². The molecule has 0 fully saturated rings. The van der Waals surface area contributed by atoms with Gasteiger partial charge >= 0.3 is 0 Å². The van der Waals surface area contributed by atoms with Gasteiger partial charge in [0.15, 0.2) is 0 Å². The van der Waals surface area contributed by atoms with Gasteiger partial charge in [-0.05, 0) is 18.6 Å². The van der Waals surface area contributed by atoms with Crippen LogP contribution in [0.5, 0.6) is 0 Å². The van der Waals surface area contributed by atoms with E-state index in [2.05, 4.69) is 15.3 Å². The van der Waals surface area contributed by atoms with Crippen LogP contribution in [0.1, 0.15) is 24.4 Å². The number of H-pyrrole nitrogens is 1. The summed E-state index contributed by atoms with van der Waals surface area (Å²) in [5.41, 5.74) is 0.940. The van der Waals surface area contributed by atoms with Crippen molar-refractivity contribution in [3.05, 3.63) is 51.0 Å². The zero-order chi connectivity index (χ0) is 13.8. The minimum atomic E-state index is 0.0947. The number of rotatable bonds is 5. The maximum absolute atomic E-state index is 6.20. The molecule has 0 bridgehead atoms. The highest BCUT2D eigenvalue weighted by molar-refractivity contribution is 6.48. The number of aromatic nitrogens is 2. The number of hydrogen-bond donors (Lipinski definition) is 2. The van der Waals surface area contributed by atoms with Crippen LogP contribution in [0, 0.1) is 0 Å². The Balaban J connectivity index is 1.96. The van der Waals surface area contributed by atoms with Crippen molar-refractivity contribution in [2.24, 2.45) is 0 Å². The van der Waals surface area contributed by atoms with Gasteiger partial charge in [-0.25, -0.2) is 4.98 Å². The normalized spacial score (nSPS) is 12.6. The Bertz CT molecular complexity index is 540. The summed E-state index contributed by atoms with van der Waals surface area (Å²) < 4.78 is 0. The van der Waals surface area contributed by atoms with Crippen molar-refractivity contribution >= 4 is 34.8 Å². The summed E-state index contributed by atoms with van der Waals surface area (Å²) in [7, 11) is 0. The van der Waals surface area contributed by atoms with E-state index in [0.29, 0.717) is 15.1 Å². The molecule has 2 aromatic rings. The highest BCUT2D eigenvalue weighted by Crippen LogP contribution is 2.35. The van der Waals surface area contributed by atoms with Crippen molar-refractivity contribution in [1.29, 1.82) is 0 Å². The average Bonchev–Trinajstić information content (AvgIpc) is 2.89. The Morgan fingerprint density at radius 1 is 1.26 bits per heavy atom. The van der Waals surface area contributed by atoms with Crippen LogP contribution in [0.4, 0.5) is 0 Å². The molecule has 1 aromatic carbocycles. The predicted molar refractivity (Wildman–Crippen MR) is 80.2 cm³/mol. The average molecular weight is 319 g/mol. The largest absolute Gasteiger partial charge is 0.349 e. The van der Waals surface area contributed by atoms with E-state index in [4.69, 9.17) is 34.8 Å². The van der Waals surface area contributed by atoms with Crippen molar-refractivity contribution in [2.75, 3.05) is 6.54 Å². The van der Waals surface area contributed by atoms with Crippen LogP contribution in [-0.2, 0) is 6.42 Å². The van der Waals surface area contributed by atoms with E-state index < -0.39 is 0 Å². The van der Waals surface area contributed by atoms with Crippen LogP contribution < -0.4 is 5.32 Å². The first-order chi connectivity index (χ1) is 9.09. The van der Waals surface area contributed by atoms with E-state index in [1.807, 2.05) is 19.2 Å². The van der Waals surface area contributed by atoms with Gasteiger partial charge < -0.3 is 10.3 Å². The lowest BCUT2D eigenvalue weighted by molar-refractivity contribution is 0.571. The zero-order valence-electron chi connectivity index (χ0n) is 10.4. The van der Waals surface area contributed by atoms with E-state index in [9.17, 15) is 0 Å². The van der Waals surface area contributed by atoms with Crippen LogP contribution in [0.25, 0.3) is 0 Å². The fraction of sp³-hybridized carbons (Fsp3) is 0.308. The number of imidazole rings is 1. The highest BCUT2D eigenvalue weighted by Gasteiger charge is 2.13. The summed E-state index contributed by atoms with van der Waals surface area (Å²) in [6, 6.07) is 3.74. The molecule has 0 saturated heterocycles. The standard InChI is InChI=1S/C13H14Cl3N3/c1-8(17-5-4-11-18-6-7-19-11)9-2-3-10(14)13(16)12(9)15/h2-3,6-8,17H,4-5H2,1H3,(H,18,19). The zero-order valence-corrected chi connectivity index (χ0v) is 12.6. The molecule has 0 radical (unpaired) electrons. The first kappa shape index (κ1) is 14.7. The van der Waals surface area contributed by atoms with Gasteiger partial charge in [0.2, 0.25) is 0 Å². The second kappa shape index (κ2) is 6.62. The monoisotopic (exact) mass is 317 g/mol. The molecule has 0 aliphatic carbocycles. The first-order valence-corrected chi connectivity index (χ1v) is 7.08. The lowest BCUT2D eigenvalue weighted by atomic mass is 10.1. The number of halogens is 3. The van der Waals surface area contributed by atoms with Gasteiger partial charge in [0.05, 0.1) is 15.1 Å². The summed E-state index contributed by atoms with van der Waals surface area (Å²) in [6.45, 7) is 2.83. The SMILES string of the molecule is CC(NCCc1ncc[nH]1)c1ccc(Cl)c(Cl)c1Cl. The molecule has 1 aromatic heterocycles. The van der Waals surface area contributed by atoms with Gasteiger partial charge in [0.25, 0.3) is 0 Å². The molecule has 0 saturated carbocycles. The van der Waals surface area contributed by atoms with E-state index in [1.54, 1.807) is 12.3 Å². The Kier molecular flexibility index (Phi) is 5.11. The second-order valence-corrected chi connectivity index (χ2v) is 5.39. The molecule has 1 atom stereocenters. The van der Waals surface area contributed by atoms with Crippen LogP contribution in [0.15, 0.2) is 24.5 Å². The third kappa shape index (κ3) is 3.63.